The lowest BCUT2D eigenvalue weighted by Crippen LogP contribution is -2.37. The first kappa shape index (κ1) is 17.2. The number of ether oxygens (including phenoxy) is 1. The molecule has 0 unspecified atom stereocenters. The van der Waals surface area contributed by atoms with Gasteiger partial charge < -0.3 is 10.1 Å². The number of hydrogen-bond acceptors (Lipinski definition) is 5. The second kappa shape index (κ2) is 7.21. The highest BCUT2D eigenvalue weighted by Gasteiger charge is 2.28. The number of carbonyl (C=O) groups excluding carboxylic acids is 2. The van der Waals surface area contributed by atoms with Crippen LogP contribution in [0.2, 0.25) is 0 Å². The van der Waals surface area contributed by atoms with Crippen molar-refractivity contribution in [3.05, 3.63) is 51.4 Å². The molecule has 0 spiro atoms. The summed E-state index contributed by atoms with van der Waals surface area (Å²) in [5.41, 5.74) is 4.27. The number of anilines is 1. The average Bonchev–Trinajstić information content (AvgIpc) is 3.21. The van der Waals surface area contributed by atoms with Crippen LogP contribution in [-0.2, 0) is 35.3 Å². The molecule has 2 aliphatic rings. The Morgan fingerprint density at radius 2 is 2.00 bits per heavy atom. The molecule has 0 saturated carbocycles. The fourth-order valence-electron chi connectivity index (χ4n) is 3.87. The minimum absolute atomic E-state index is 0.0746. The minimum Gasteiger partial charge on any atom is -0.465 e. The second-order valence-electron chi connectivity index (χ2n) is 6.83. The lowest BCUT2D eigenvalue weighted by Gasteiger charge is -2.28. The van der Waals surface area contributed by atoms with E-state index in [2.05, 4.69) is 28.4 Å². The van der Waals surface area contributed by atoms with Crippen LogP contribution in [0.1, 0.15) is 38.3 Å². The molecule has 1 N–H and O–H groups in total. The smallest absolute Gasteiger partial charge is 0.341 e. The molecule has 5 nitrogen and oxygen atoms in total. The molecule has 1 aromatic carbocycles. The molecular formula is C20H22N2O3S. The lowest BCUT2D eigenvalue weighted by atomic mass is 10.00. The molecule has 1 aliphatic carbocycles. The first-order valence-electron chi connectivity index (χ1n) is 8.97. The lowest BCUT2D eigenvalue weighted by molar-refractivity contribution is -0.117. The Morgan fingerprint density at radius 1 is 1.19 bits per heavy atom. The summed E-state index contributed by atoms with van der Waals surface area (Å²) in [5.74, 6) is -0.430. The largest absolute Gasteiger partial charge is 0.465 e. The number of amides is 1. The normalized spacial score (nSPS) is 16.0. The topological polar surface area (TPSA) is 58.6 Å². The van der Waals surface area contributed by atoms with Gasteiger partial charge in [0.15, 0.2) is 0 Å². The molecule has 26 heavy (non-hydrogen) atoms. The van der Waals surface area contributed by atoms with Crippen LogP contribution in [-0.4, -0.2) is 37.0 Å². The fraction of sp³-hybridized carbons (Fsp3) is 0.400. The number of methoxy groups -OCH3 is 1. The zero-order valence-electron chi connectivity index (χ0n) is 14.8. The molecule has 1 aromatic heterocycles. The van der Waals surface area contributed by atoms with Crippen LogP contribution < -0.4 is 5.32 Å². The van der Waals surface area contributed by atoms with Gasteiger partial charge in [0, 0.05) is 18.0 Å². The highest BCUT2D eigenvalue weighted by molar-refractivity contribution is 7.17. The zero-order chi connectivity index (χ0) is 18.1. The van der Waals surface area contributed by atoms with Gasteiger partial charge in [-0.2, -0.15) is 0 Å². The molecule has 0 fully saturated rings. The van der Waals surface area contributed by atoms with Crippen molar-refractivity contribution >= 4 is 28.2 Å². The number of rotatable bonds is 4. The highest BCUT2D eigenvalue weighted by Crippen LogP contribution is 2.39. The maximum atomic E-state index is 12.6. The van der Waals surface area contributed by atoms with Crippen LogP contribution in [0.3, 0.4) is 0 Å². The minimum atomic E-state index is -0.355. The number of nitrogens with one attached hydrogen (secondary N) is 1. The van der Waals surface area contributed by atoms with Crippen LogP contribution in [0.5, 0.6) is 0 Å². The van der Waals surface area contributed by atoms with Crippen molar-refractivity contribution in [2.75, 3.05) is 25.5 Å². The number of esters is 1. The van der Waals surface area contributed by atoms with Crippen LogP contribution in [0, 0.1) is 0 Å². The molecule has 136 valence electrons. The molecule has 6 heteroatoms. The molecular weight excluding hydrogens is 348 g/mol. The van der Waals surface area contributed by atoms with Gasteiger partial charge in [-0.15, -0.1) is 11.3 Å². The summed E-state index contributed by atoms with van der Waals surface area (Å²) in [7, 11) is 1.39. The highest BCUT2D eigenvalue weighted by atomic mass is 32.1. The molecule has 0 saturated heterocycles. The van der Waals surface area contributed by atoms with Gasteiger partial charge in [-0.05, 0) is 42.4 Å². The van der Waals surface area contributed by atoms with Crippen LogP contribution >= 0.6 is 11.3 Å². The number of hydrogen-bond donors (Lipinski definition) is 1. The monoisotopic (exact) mass is 370 g/mol. The Balaban J connectivity index is 1.45. The van der Waals surface area contributed by atoms with E-state index in [1.165, 1.54) is 34.5 Å². The molecule has 1 amide bonds. The average molecular weight is 370 g/mol. The van der Waals surface area contributed by atoms with Gasteiger partial charge in [-0.3, -0.25) is 9.69 Å². The SMILES string of the molecule is COC(=O)c1c(NC(=O)CN2CCc3ccccc3C2)sc2c1CCC2. The van der Waals surface area contributed by atoms with Crippen molar-refractivity contribution < 1.29 is 14.3 Å². The van der Waals surface area contributed by atoms with Crippen LogP contribution in [0.4, 0.5) is 5.00 Å². The third-order valence-electron chi connectivity index (χ3n) is 5.14. The summed E-state index contributed by atoms with van der Waals surface area (Å²) in [4.78, 5) is 28.1. The Kier molecular flexibility index (Phi) is 4.78. The van der Waals surface area contributed by atoms with E-state index < -0.39 is 0 Å². The van der Waals surface area contributed by atoms with Gasteiger partial charge in [0.25, 0.3) is 0 Å². The summed E-state index contributed by atoms with van der Waals surface area (Å²) in [6.45, 7) is 1.99. The van der Waals surface area contributed by atoms with Crippen molar-refractivity contribution in [1.29, 1.82) is 0 Å². The van der Waals surface area contributed by atoms with E-state index in [1.807, 2.05) is 6.07 Å². The third kappa shape index (κ3) is 3.27. The Morgan fingerprint density at radius 3 is 2.81 bits per heavy atom. The van der Waals surface area contributed by atoms with Crippen molar-refractivity contribution in [2.45, 2.75) is 32.2 Å². The summed E-state index contributed by atoms with van der Waals surface area (Å²) in [6.07, 6.45) is 3.88. The van der Waals surface area contributed by atoms with E-state index in [1.54, 1.807) is 0 Å². The number of carbonyl (C=O) groups is 2. The number of nitrogens with zero attached hydrogens (tertiary/aromatic N) is 1. The summed E-state index contributed by atoms with van der Waals surface area (Å²) >= 11 is 1.52. The maximum Gasteiger partial charge on any atom is 0.341 e. The third-order valence-corrected chi connectivity index (χ3v) is 6.35. The second-order valence-corrected chi connectivity index (χ2v) is 7.94. The predicted molar refractivity (Wildman–Crippen MR) is 102 cm³/mol. The first-order chi connectivity index (χ1) is 12.7. The fourth-order valence-corrected chi connectivity index (χ4v) is 5.16. The molecule has 0 radical (unpaired) electrons. The quantitative estimate of drug-likeness (QED) is 0.841. The van der Waals surface area contributed by atoms with E-state index in [0.29, 0.717) is 17.1 Å². The Bertz CT molecular complexity index is 859. The number of thiophene rings is 1. The number of aryl methyl sites for hydroxylation is 1. The van der Waals surface area contributed by atoms with Gasteiger partial charge >= 0.3 is 5.97 Å². The summed E-state index contributed by atoms with van der Waals surface area (Å²) in [5, 5.41) is 3.61. The summed E-state index contributed by atoms with van der Waals surface area (Å²) in [6, 6.07) is 8.38. The molecule has 4 rings (SSSR count). The van der Waals surface area contributed by atoms with E-state index in [9.17, 15) is 9.59 Å². The van der Waals surface area contributed by atoms with Gasteiger partial charge in [0.2, 0.25) is 5.91 Å². The van der Waals surface area contributed by atoms with E-state index in [-0.39, 0.29) is 11.9 Å². The first-order valence-corrected chi connectivity index (χ1v) is 9.79. The van der Waals surface area contributed by atoms with Crippen molar-refractivity contribution in [2.24, 2.45) is 0 Å². The van der Waals surface area contributed by atoms with Gasteiger partial charge in [0.1, 0.15) is 5.00 Å². The van der Waals surface area contributed by atoms with Crippen LogP contribution in [0.25, 0.3) is 0 Å². The Labute approximate surface area is 157 Å². The van der Waals surface area contributed by atoms with Gasteiger partial charge in [-0.1, -0.05) is 24.3 Å². The van der Waals surface area contributed by atoms with Gasteiger partial charge in [-0.25, -0.2) is 4.79 Å². The van der Waals surface area contributed by atoms with E-state index in [0.717, 1.165) is 44.3 Å². The molecule has 0 bridgehead atoms. The van der Waals surface area contributed by atoms with Crippen molar-refractivity contribution in [3.63, 3.8) is 0 Å². The van der Waals surface area contributed by atoms with Crippen LogP contribution in [0.15, 0.2) is 24.3 Å². The number of benzene rings is 1. The zero-order valence-corrected chi connectivity index (χ0v) is 15.7. The van der Waals surface area contributed by atoms with E-state index >= 15 is 0 Å². The van der Waals surface area contributed by atoms with E-state index in [4.69, 9.17) is 4.74 Å². The van der Waals surface area contributed by atoms with Crippen molar-refractivity contribution in [1.82, 2.24) is 4.90 Å². The van der Waals surface area contributed by atoms with Crippen molar-refractivity contribution in [3.8, 4) is 0 Å². The molecule has 0 atom stereocenters. The number of fused-ring (bicyclic) bond motifs is 2. The molecule has 1 aliphatic heterocycles. The molecule has 2 heterocycles. The Hall–Kier alpha value is -2.18. The standard InChI is InChI=1S/C20H22N2O3S/c1-25-20(24)18-15-7-4-8-16(15)26-19(18)21-17(23)12-22-10-9-13-5-2-3-6-14(13)11-22/h2-3,5-6H,4,7-12H2,1H3,(H,21,23). The summed E-state index contributed by atoms with van der Waals surface area (Å²) < 4.78 is 4.94. The molecule has 2 aromatic rings. The maximum absolute atomic E-state index is 12.6. The predicted octanol–water partition coefficient (Wildman–Crippen LogP) is 3.02. The van der Waals surface area contributed by atoms with Gasteiger partial charge in [0.05, 0.1) is 19.2 Å².